The number of morpholine rings is 1. The van der Waals surface area contributed by atoms with Crippen LogP contribution in [0.15, 0.2) is 35.3 Å². The lowest BCUT2D eigenvalue weighted by atomic mass is 10.2. The predicted octanol–water partition coefficient (Wildman–Crippen LogP) is 1.44. The van der Waals surface area contributed by atoms with E-state index in [4.69, 9.17) is 4.74 Å². The molecule has 0 spiro atoms. The van der Waals surface area contributed by atoms with Crippen LogP contribution in [0.5, 0.6) is 0 Å². The Labute approximate surface area is 96.7 Å². The third-order valence-corrected chi connectivity index (χ3v) is 2.69. The summed E-state index contributed by atoms with van der Waals surface area (Å²) in [4.78, 5) is 6.82. The van der Waals surface area contributed by atoms with Crippen LogP contribution in [0.4, 0.5) is 0 Å². The Morgan fingerprint density at radius 2 is 1.94 bits per heavy atom. The first kappa shape index (κ1) is 11.3. The van der Waals surface area contributed by atoms with Gasteiger partial charge in [0.2, 0.25) is 0 Å². The van der Waals surface area contributed by atoms with Gasteiger partial charge < -0.3 is 4.74 Å². The van der Waals surface area contributed by atoms with Gasteiger partial charge in [0.15, 0.2) is 0 Å². The molecule has 0 aliphatic carbocycles. The van der Waals surface area contributed by atoms with Gasteiger partial charge in [0.05, 0.1) is 19.8 Å². The molecule has 1 saturated heterocycles. The van der Waals surface area contributed by atoms with Crippen molar-refractivity contribution in [2.24, 2.45) is 4.99 Å². The summed E-state index contributed by atoms with van der Waals surface area (Å²) in [5, 5.41) is 0. The molecule has 1 aromatic rings. The van der Waals surface area contributed by atoms with E-state index in [0.717, 1.165) is 39.4 Å². The van der Waals surface area contributed by atoms with E-state index in [0.29, 0.717) is 0 Å². The predicted molar refractivity (Wildman–Crippen MR) is 66.2 cm³/mol. The summed E-state index contributed by atoms with van der Waals surface area (Å²) in [6, 6.07) is 10.2. The van der Waals surface area contributed by atoms with Gasteiger partial charge in [-0.2, -0.15) is 0 Å². The molecule has 0 N–H and O–H groups in total. The van der Waals surface area contributed by atoms with Gasteiger partial charge in [-0.1, -0.05) is 30.3 Å². The second kappa shape index (κ2) is 6.40. The molecular weight excluding hydrogens is 200 g/mol. The Morgan fingerprint density at radius 3 is 2.69 bits per heavy atom. The molecule has 2 rings (SSSR count). The van der Waals surface area contributed by atoms with Gasteiger partial charge >= 0.3 is 0 Å². The molecule has 1 aliphatic heterocycles. The average molecular weight is 218 g/mol. The summed E-state index contributed by atoms with van der Waals surface area (Å²) < 4.78 is 5.30. The third kappa shape index (κ3) is 3.76. The first-order valence-corrected chi connectivity index (χ1v) is 5.80. The lowest BCUT2D eigenvalue weighted by Gasteiger charge is -2.25. The second-order valence-corrected chi connectivity index (χ2v) is 3.90. The van der Waals surface area contributed by atoms with Crippen molar-refractivity contribution in [2.75, 3.05) is 39.4 Å². The fraction of sp³-hybridized carbons (Fsp3) is 0.462. The SMILES string of the molecule is C(=NCCN1CCOCC1)c1ccccc1. The van der Waals surface area contributed by atoms with Gasteiger partial charge in [0.25, 0.3) is 0 Å². The molecular formula is C13H18N2O. The molecule has 0 amide bonds. The fourth-order valence-corrected chi connectivity index (χ4v) is 1.73. The van der Waals surface area contributed by atoms with Crippen LogP contribution in [0, 0.1) is 0 Å². The number of benzene rings is 1. The maximum Gasteiger partial charge on any atom is 0.0594 e. The Morgan fingerprint density at radius 1 is 1.19 bits per heavy atom. The summed E-state index contributed by atoms with van der Waals surface area (Å²) in [6.45, 7) is 5.72. The molecule has 0 radical (unpaired) electrons. The van der Waals surface area contributed by atoms with E-state index < -0.39 is 0 Å². The maximum atomic E-state index is 5.30. The molecule has 1 heterocycles. The highest BCUT2D eigenvalue weighted by atomic mass is 16.5. The number of nitrogens with zero attached hydrogens (tertiary/aromatic N) is 2. The van der Waals surface area contributed by atoms with Gasteiger partial charge in [0, 0.05) is 25.8 Å². The zero-order chi connectivity index (χ0) is 11.1. The molecule has 0 atom stereocenters. The van der Waals surface area contributed by atoms with Gasteiger partial charge in [-0.15, -0.1) is 0 Å². The molecule has 1 aromatic carbocycles. The van der Waals surface area contributed by atoms with Crippen molar-refractivity contribution >= 4 is 6.21 Å². The largest absolute Gasteiger partial charge is 0.379 e. The highest BCUT2D eigenvalue weighted by Crippen LogP contribution is 1.97. The van der Waals surface area contributed by atoms with Crippen LogP contribution in [0.2, 0.25) is 0 Å². The summed E-state index contributed by atoms with van der Waals surface area (Å²) in [5.41, 5.74) is 1.17. The highest BCUT2D eigenvalue weighted by molar-refractivity contribution is 5.79. The second-order valence-electron chi connectivity index (χ2n) is 3.90. The van der Waals surface area contributed by atoms with Crippen molar-refractivity contribution in [1.82, 2.24) is 4.90 Å². The van der Waals surface area contributed by atoms with Crippen molar-refractivity contribution in [3.8, 4) is 0 Å². The Kier molecular flexibility index (Phi) is 4.52. The van der Waals surface area contributed by atoms with Crippen LogP contribution >= 0.6 is 0 Å². The van der Waals surface area contributed by atoms with Crippen LogP contribution in [0.3, 0.4) is 0 Å². The normalized spacial score (nSPS) is 18.0. The van der Waals surface area contributed by atoms with Gasteiger partial charge in [-0.3, -0.25) is 9.89 Å². The van der Waals surface area contributed by atoms with Crippen LogP contribution in [-0.4, -0.2) is 50.5 Å². The first-order chi connectivity index (χ1) is 7.95. The van der Waals surface area contributed by atoms with E-state index in [-0.39, 0.29) is 0 Å². The minimum Gasteiger partial charge on any atom is -0.379 e. The van der Waals surface area contributed by atoms with Crippen LogP contribution in [0.25, 0.3) is 0 Å². The quantitative estimate of drug-likeness (QED) is 0.714. The molecule has 3 heteroatoms. The topological polar surface area (TPSA) is 24.8 Å². The Hall–Kier alpha value is -1.19. The summed E-state index contributed by atoms with van der Waals surface area (Å²) in [7, 11) is 0. The number of hydrogen-bond acceptors (Lipinski definition) is 3. The number of rotatable bonds is 4. The lowest BCUT2D eigenvalue weighted by molar-refractivity contribution is 0.0395. The van der Waals surface area contributed by atoms with Crippen molar-refractivity contribution < 1.29 is 4.74 Å². The van der Waals surface area contributed by atoms with Crippen molar-refractivity contribution in [1.29, 1.82) is 0 Å². The molecule has 16 heavy (non-hydrogen) atoms. The van der Waals surface area contributed by atoms with Gasteiger partial charge in [-0.25, -0.2) is 0 Å². The number of aliphatic imine (C=N–C) groups is 1. The molecule has 0 aromatic heterocycles. The van der Waals surface area contributed by atoms with Crippen molar-refractivity contribution in [2.45, 2.75) is 0 Å². The first-order valence-electron chi connectivity index (χ1n) is 5.80. The minimum atomic E-state index is 0.863. The summed E-state index contributed by atoms with van der Waals surface area (Å²) >= 11 is 0. The van der Waals surface area contributed by atoms with Crippen molar-refractivity contribution in [3.05, 3.63) is 35.9 Å². The molecule has 0 unspecified atom stereocenters. The van der Waals surface area contributed by atoms with Crippen LogP contribution < -0.4 is 0 Å². The van der Waals surface area contributed by atoms with E-state index in [1.807, 2.05) is 24.4 Å². The van der Waals surface area contributed by atoms with Crippen molar-refractivity contribution in [3.63, 3.8) is 0 Å². The number of ether oxygens (including phenoxy) is 1. The van der Waals surface area contributed by atoms with Gasteiger partial charge in [0.1, 0.15) is 0 Å². The smallest absolute Gasteiger partial charge is 0.0594 e. The van der Waals surface area contributed by atoms with E-state index >= 15 is 0 Å². The van der Waals surface area contributed by atoms with E-state index in [1.54, 1.807) is 0 Å². The molecule has 1 fully saturated rings. The van der Waals surface area contributed by atoms with Crippen LogP contribution in [-0.2, 0) is 4.74 Å². The molecule has 0 saturated carbocycles. The third-order valence-electron chi connectivity index (χ3n) is 2.69. The van der Waals surface area contributed by atoms with Crippen LogP contribution in [0.1, 0.15) is 5.56 Å². The average Bonchev–Trinajstić information content (AvgIpc) is 2.37. The monoisotopic (exact) mass is 218 g/mol. The molecule has 86 valence electrons. The summed E-state index contributed by atoms with van der Waals surface area (Å²) in [5.74, 6) is 0. The zero-order valence-electron chi connectivity index (χ0n) is 9.51. The van der Waals surface area contributed by atoms with E-state index in [2.05, 4.69) is 22.0 Å². The minimum absolute atomic E-state index is 0.863. The molecule has 3 nitrogen and oxygen atoms in total. The molecule has 0 bridgehead atoms. The van der Waals surface area contributed by atoms with Gasteiger partial charge in [-0.05, 0) is 5.56 Å². The lowest BCUT2D eigenvalue weighted by Crippen LogP contribution is -2.37. The number of hydrogen-bond donors (Lipinski definition) is 0. The summed E-state index contributed by atoms with van der Waals surface area (Å²) in [6.07, 6.45) is 1.94. The van der Waals surface area contributed by atoms with E-state index in [9.17, 15) is 0 Å². The fourth-order valence-electron chi connectivity index (χ4n) is 1.73. The Balaban J connectivity index is 1.69. The molecule has 1 aliphatic rings. The highest BCUT2D eigenvalue weighted by Gasteiger charge is 2.08. The maximum absolute atomic E-state index is 5.30. The van der Waals surface area contributed by atoms with E-state index in [1.165, 1.54) is 5.56 Å². The standard InChI is InChI=1S/C13H18N2O/c1-2-4-13(5-3-1)12-14-6-7-15-8-10-16-11-9-15/h1-5,12H,6-11H2. The Bertz CT molecular complexity index is 318. The zero-order valence-corrected chi connectivity index (χ0v) is 9.51.